The van der Waals surface area contributed by atoms with E-state index in [0.29, 0.717) is 41.1 Å². The monoisotopic (exact) mass is 1670 g/mol. The van der Waals surface area contributed by atoms with Gasteiger partial charge in [0.05, 0.1) is 0 Å². The number of anilines is 8. The molecule has 0 unspecified atom stereocenters. The highest BCUT2D eigenvalue weighted by Crippen LogP contribution is 2.47. The fraction of sp³-hybridized carbons (Fsp3) is 0. The third kappa shape index (κ3) is 13.8. The van der Waals surface area contributed by atoms with Crippen molar-refractivity contribution in [2.24, 2.45) is 0 Å². The van der Waals surface area contributed by atoms with Crippen molar-refractivity contribution in [3.63, 3.8) is 0 Å². The number of hydrogen-bond donors (Lipinski definition) is 0. The van der Waals surface area contributed by atoms with Gasteiger partial charge in [-0.25, -0.2) is 0 Å². The SMILES string of the molecule is C1=CB2C=Cc3c(ccc4c3ccc3ccccc34)N2C=C1.C1=CB2C=Cc3c(ccc4cc5ccccc5cc34)N2C=C1.C1=CB2C=Cc3c(ccc4ccc5ccccc5c34)N2C=C1.C1=CB2C=Cc3cc4c(ccc5ccccc54)cc3N2C=C1.C1=Cc2ccccc2N2B1C=Cc1c2ccc2ccccc12.C1=Cc2ccccc2N2B1C=Cc1cc3ccccc3cc12. The summed E-state index contributed by atoms with van der Waals surface area (Å²) in [6, 6.07) is 114. The molecule has 0 atom stereocenters. The zero-order valence-corrected chi connectivity index (χ0v) is 72.6. The van der Waals surface area contributed by atoms with Crippen molar-refractivity contribution in [1.29, 1.82) is 0 Å². The summed E-state index contributed by atoms with van der Waals surface area (Å²) >= 11 is 0. The molecule has 18 aromatic carbocycles. The molecule has 0 fully saturated rings. The second kappa shape index (κ2) is 33.0. The lowest BCUT2D eigenvalue weighted by Gasteiger charge is -2.36. The summed E-state index contributed by atoms with van der Waals surface area (Å²) in [5, 5.41) is 26.3. The molecule has 0 amide bonds. The van der Waals surface area contributed by atoms with Gasteiger partial charge in [0.25, 0.3) is 0 Å². The van der Waals surface area contributed by atoms with Crippen LogP contribution < -0.4 is 28.9 Å². The van der Waals surface area contributed by atoms with E-state index in [1.165, 1.54) is 198 Å². The Bertz CT molecular complexity index is 8250. The number of hydrogen-bond acceptors (Lipinski definition) is 6. The minimum absolute atomic E-state index is 0.309. The van der Waals surface area contributed by atoms with Crippen LogP contribution in [0.2, 0.25) is 0 Å². The second-order valence-electron chi connectivity index (χ2n) is 35.3. The maximum atomic E-state index is 2.44. The normalized spacial score (nSPS) is 15.2. The lowest BCUT2D eigenvalue weighted by atomic mass is 9.55. The fourth-order valence-electron chi connectivity index (χ4n) is 21.4. The highest BCUT2D eigenvalue weighted by atomic mass is 15.1. The Kier molecular flexibility index (Phi) is 19.5. The van der Waals surface area contributed by atoms with Crippen LogP contribution in [0, 0.1) is 0 Å². The lowest BCUT2D eigenvalue weighted by Crippen LogP contribution is -2.37. The molecule has 612 valence electrons. The molecule has 12 aliphatic rings. The number of nitrogens with zero attached hydrogens (tertiary/aromatic N) is 6. The van der Waals surface area contributed by atoms with Crippen LogP contribution in [0.3, 0.4) is 0 Å². The number of fused-ring (bicyclic) bond motifs is 39. The van der Waals surface area contributed by atoms with Crippen molar-refractivity contribution in [3.05, 3.63) is 505 Å². The Hall–Kier alpha value is -16.4. The molecular formula is C120H84B6N6. The highest BCUT2D eigenvalue weighted by Gasteiger charge is 2.34. The zero-order chi connectivity index (χ0) is 87.1. The Morgan fingerprint density at radius 3 is 1.09 bits per heavy atom. The minimum atomic E-state index is 0.309. The summed E-state index contributed by atoms with van der Waals surface area (Å²) in [4.78, 5) is 14.2. The van der Waals surface area contributed by atoms with Crippen molar-refractivity contribution in [2.45, 2.75) is 0 Å². The van der Waals surface area contributed by atoms with Crippen molar-refractivity contribution >= 4 is 243 Å². The van der Waals surface area contributed by atoms with Crippen LogP contribution in [-0.2, 0) is 0 Å². The Labute approximate surface area is 771 Å². The lowest BCUT2D eigenvalue weighted by molar-refractivity contribution is 1.35. The van der Waals surface area contributed by atoms with Gasteiger partial charge in [0.2, 0.25) is 0 Å². The van der Waals surface area contributed by atoms with Gasteiger partial charge in [0, 0.05) is 67.8 Å². The van der Waals surface area contributed by atoms with Crippen LogP contribution in [0.5, 0.6) is 0 Å². The summed E-state index contributed by atoms with van der Waals surface area (Å²) < 4.78 is 0. The zero-order valence-electron chi connectivity index (χ0n) is 72.6. The van der Waals surface area contributed by atoms with E-state index in [4.69, 9.17) is 0 Å². The summed E-state index contributed by atoms with van der Waals surface area (Å²) in [6.45, 7) is 1.98. The molecule has 12 heteroatoms. The summed E-state index contributed by atoms with van der Waals surface area (Å²) in [5.74, 6) is 27.1. The summed E-state index contributed by atoms with van der Waals surface area (Å²) in [7, 11) is 0. The van der Waals surface area contributed by atoms with Gasteiger partial charge in [-0.15, -0.1) is 0 Å². The van der Waals surface area contributed by atoms with Gasteiger partial charge in [0.1, 0.15) is 0 Å². The molecule has 12 aliphatic heterocycles. The van der Waals surface area contributed by atoms with Crippen LogP contribution in [0.25, 0.3) is 156 Å². The molecule has 0 spiro atoms. The largest absolute Gasteiger partial charge is 0.383 e. The quantitative estimate of drug-likeness (QED) is 0.0850. The van der Waals surface area contributed by atoms with E-state index < -0.39 is 0 Å². The second-order valence-corrected chi connectivity index (χ2v) is 35.3. The van der Waals surface area contributed by atoms with E-state index in [0.717, 1.165) is 0 Å². The topological polar surface area (TPSA) is 19.4 Å². The molecule has 6 nitrogen and oxygen atoms in total. The third-order valence-corrected chi connectivity index (χ3v) is 27.8. The maximum Gasteiger partial charge on any atom is 0.313 e. The van der Waals surface area contributed by atoms with Crippen LogP contribution in [0.15, 0.2) is 461 Å². The highest BCUT2D eigenvalue weighted by molar-refractivity contribution is 6.79. The van der Waals surface area contributed by atoms with Crippen molar-refractivity contribution in [1.82, 2.24) is 0 Å². The van der Waals surface area contributed by atoms with E-state index in [1.54, 1.807) is 0 Å². The molecule has 0 saturated heterocycles. The van der Waals surface area contributed by atoms with Gasteiger partial charge >= 0.3 is 41.1 Å². The predicted octanol–water partition coefficient (Wildman–Crippen LogP) is 30.1. The molecule has 0 N–H and O–H groups in total. The molecule has 12 heterocycles. The molecule has 30 rings (SSSR count). The third-order valence-electron chi connectivity index (χ3n) is 27.8. The van der Waals surface area contributed by atoms with Crippen molar-refractivity contribution in [3.8, 4) is 0 Å². The van der Waals surface area contributed by atoms with Crippen LogP contribution in [-0.4, -0.2) is 41.1 Å². The van der Waals surface area contributed by atoms with Crippen LogP contribution >= 0.6 is 0 Å². The number of allylic oxidation sites excluding steroid dienone is 8. The van der Waals surface area contributed by atoms with Gasteiger partial charge in [-0.1, -0.05) is 387 Å². The fourth-order valence-corrected chi connectivity index (χ4v) is 21.4. The minimum Gasteiger partial charge on any atom is -0.383 e. The maximum absolute atomic E-state index is 2.44. The van der Waals surface area contributed by atoms with Crippen molar-refractivity contribution < 1.29 is 0 Å². The molecular weight excluding hydrogens is 1590 g/mol. The molecule has 0 aliphatic carbocycles. The van der Waals surface area contributed by atoms with E-state index >= 15 is 0 Å². The first-order valence-corrected chi connectivity index (χ1v) is 46.1. The molecule has 0 radical (unpaired) electrons. The molecule has 0 saturated carbocycles. The van der Waals surface area contributed by atoms with Crippen LogP contribution in [0.1, 0.15) is 44.5 Å². The summed E-state index contributed by atoms with van der Waals surface area (Å²) in [6.07, 6.45) is 43.6. The van der Waals surface area contributed by atoms with Gasteiger partial charge in [-0.05, 0) is 252 Å². The average Bonchev–Trinajstić information content (AvgIpc) is 0.585. The first-order chi connectivity index (χ1) is 65.4. The van der Waals surface area contributed by atoms with E-state index in [9.17, 15) is 0 Å². The van der Waals surface area contributed by atoms with Gasteiger partial charge in [-0.3, -0.25) is 0 Å². The Balaban J connectivity index is 0.0000000851. The van der Waals surface area contributed by atoms with E-state index in [1.807, 2.05) is 0 Å². The smallest absolute Gasteiger partial charge is 0.313 e. The molecule has 0 bridgehead atoms. The van der Waals surface area contributed by atoms with Crippen LogP contribution in [0.4, 0.5) is 45.5 Å². The van der Waals surface area contributed by atoms with Gasteiger partial charge in [-0.2, -0.15) is 0 Å². The molecule has 132 heavy (non-hydrogen) atoms. The summed E-state index contributed by atoms with van der Waals surface area (Å²) in [5.41, 5.74) is 20.8. The number of benzene rings is 18. The van der Waals surface area contributed by atoms with Gasteiger partial charge in [0.15, 0.2) is 0 Å². The van der Waals surface area contributed by atoms with E-state index in [-0.39, 0.29) is 0 Å². The standard InChI is InChI=1S/6C20H14BN/c1-3-7-17-15(5-1)9-10-20-18(17)12-14-21-13-11-16-6-2-4-8-19(16)22(20)21;1-2-7-17-14-20-18(13-16(17)6-1)10-12-21-11-9-15-5-3-4-8-19(15)22(20)21;1-2-6-17-15(5-1)7-8-16-9-10-19-18(20(16)17)11-13-21-12-3-4-14-22(19)21;1-2-6-16-15(5-1)7-8-18-17(16)9-10-20-19(18)11-13-21-12-3-4-14-22(20)21;1-2-6-16-14-19-17(13-15(16)5-1)7-8-20-18(19)9-11-21-10-3-4-12-22(20)21;1-2-6-18-15(5-1)7-8-16-14-20-17(13-19(16)18)9-11-21-10-3-4-12-22(20)21/h6*1-14H. The van der Waals surface area contributed by atoms with Gasteiger partial charge < -0.3 is 28.9 Å². The Morgan fingerprint density at radius 2 is 0.492 bits per heavy atom. The first kappa shape index (κ1) is 77.9. The Morgan fingerprint density at radius 1 is 0.152 bits per heavy atom. The first-order valence-electron chi connectivity index (χ1n) is 46.1. The molecule has 0 aromatic heterocycles. The number of para-hydroxylation sites is 2. The van der Waals surface area contributed by atoms with E-state index in [2.05, 4.69) is 538 Å². The van der Waals surface area contributed by atoms with Crippen molar-refractivity contribution in [2.75, 3.05) is 28.9 Å². The predicted molar refractivity (Wildman–Crippen MR) is 581 cm³/mol. The molecule has 18 aromatic rings. The number of rotatable bonds is 0. The average molecular weight is 1670 g/mol.